The molecular formula is C20H25N3O4S. The molecule has 0 aromatic heterocycles. The fourth-order valence-corrected chi connectivity index (χ4v) is 4.54. The van der Waals surface area contributed by atoms with Crippen LogP contribution in [-0.2, 0) is 10.0 Å². The number of methoxy groups -OCH3 is 1. The smallest absolute Gasteiger partial charge is 0.253 e. The molecule has 8 heteroatoms. The average molecular weight is 404 g/mol. The summed E-state index contributed by atoms with van der Waals surface area (Å²) in [5.74, 6) is 0.529. The van der Waals surface area contributed by atoms with E-state index in [1.807, 2.05) is 31.1 Å². The monoisotopic (exact) mass is 403 g/mol. The van der Waals surface area contributed by atoms with Gasteiger partial charge in [0.1, 0.15) is 5.75 Å². The lowest BCUT2D eigenvalue weighted by atomic mass is 10.1. The van der Waals surface area contributed by atoms with Crippen LogP contribution in [0.4, 0.5) is 5.69 Å². The van der Waals surface area contributed by atoms with Crippen molar-refractivity contribution in [2.75, 3.05) is 52.3 Å². The summed E-state index contributed by atoms with van der Waals surface area (Å²) in [4.78, 5) is 16.6. The van der Waals surface area contributed by atoms with Crippen LogP contribution in [0.3, 0.4) is 0 Å². The third-order valence-corrected chi connectivity index (χ3v) is 6.77. The number of hydrogen-bond acceptors (Lipinski definition) is 5. The number of carbonyl (C=O) groups is 1. The lowest BCUT2D eigenvalue weighted by Gasteiger charge is -2.34. The number of hydrogen-bond donors (Lipinski definition) is 0. The van der Waals surface area contributed by atoms with E-state index in [1.165, 1.54) is 23.5 Å². The molecule has 0 bridgehead atoms. The van der Waals surface area contributed by atoms with Gasteiger partial charge in [-0.25, -0.2) is 8.42 Å². The lowest BCUT2D eigenvalue weighted by molar-refractivity contribution is 0.0698. The molecule has 2 aromatic rings. The minimum Gasteiger partial charge on any atom is -0.497 e. The first-order valence-electron chi connectivity index (χ1n) is 9.04. The molecule has 28 heavy (non-hydrogen) atoms. The molecule has 1 heterocycles. The summed E-state index contributed by atoms with van der Waals surface area (Å²) >= 11 is 0. The van der Waals surface area contributed by atoms with E-state index in [2.05, 4.69) is 0 Å². The van der Waals surface area contributed by atoms with E-state index in [0.717, 1.165) is 5.69 Å². The summed E-state index contributed by atoms with van der Waals surface area (Å²) < 4.78 is 32.1. The Bertz CT molecular complexity index is 917. The van der Waals surface area contributed by atoms with Gasteiger partial charge in [-0.2, -0.15) is 4.31 Å². The van der Waals surface area contributed by atoms with Crippen molar-refractivity contribution >= 4 is 21.6 Å². The Labute approximate surface area is 166 Å². The molecule has 3 rings (SSSR count). The van der Waals surface area contributed by atoms with Crippen LogP contribution in [0.1, 0.15) is 10.4 Å². The molecule has 0 unspecified atom stereocenters. The van der Waals surface area contributed by atoms with Gasteiger partial charge in [-0.05, 0) is 48.5 Å². The molecule has 0 spiro atoms. The average Bonchev–Trinajstić information content (AvgIpc) is 2.73. The second-order valence-electron chi connectivity index (χ2n) is 6.81. The largest absolute Gasteiger partial charge is 0.497 e. The SMILES string of the molecule is COc1ccc(S(=O)(=O)N2CCN(C(=O)c3ccc(N(C)C)cc3)CC2)cc1. The molecule has 7 nitrogen and oxygen atoms in total. The van der Waals surface area contributed by atoms with Crippen molar-refractivity contribution in [1.29, 1.82) is 0 Å². The standard InChI is InChI=1S/C20H25N3O4S/c1-21(2)17-6-4-16(5-7-17)20(24)22-12-14-23(15-13-22)28(25,26)19-10-8-18(27-3)9-11-19/h4-11H,12-15H2,1-3H3. The molecule has 0 aliphatic carbocycles. The summed E-state index contributed by atoms with van der Waals surface area (Å²) in [7, 11) is 1.84. The van der Waals surface area contributed by atoms with Crippen LogP contribution in [0.2, 0.25) is 0 Å². The van der Waals surface area contributed by atoms with E-state index in [4.69, 9.17) is 4.74 Å². The molecule has 1 saturated heterocycles. The third-order valence-electron chi connectivity index (χ3n) is 4.85. The van der Waals surface area contributed by atoms with Crippen molar-refractivity contribution in [1.82, 2.24) is 9.21 Å². The summed E-state index contributed by atoms with van der Waals surface area (Å²) in [5.41, 5.74) is 1.63. The molecule has 1 aliphatic heterocycles. The summed E-state index contributed by atoms with van der Waals surface area (Å²) in [5, 5.41) is 0. The number of carbonyl (C=O) groups excluding carboxylic acids is 1. The second-order valence-corrected chi connectivity index (χ2v) is 8.75. The van der Waals surface area contributed by atoms with Gasteiger partial charge < -0.3 is 14.5 Å². The molecule has 0 atom stereocenters. The van der Waals surface area contributed by atoms with E-state index < -0.39 is 10.0 Å². The topological polar surface area (TPSA) is 70.2 Å². The number of sulfonamides is 1. The van der Waals surface area contributed by atoms with Gasteiger partial charge in [-0.1, -0.05) is 0 Å². The molecule has 2 aromatic carbocycles. The van der Waals surface area contributed by atoms with Crippen molar-refractivity contribution in [2.45, 2.75) is 4.90 Å². The van der Waals surface area contributed by atoms with Crippen molar-refractivity contribution in [2.24, 2.45) is 0 Å². The highest BCUT2D eigenvalue weighted by Crippen LogP contribution is 2.21. The first-order valence-corrected chi connectivity index (χ1v) is 10.5. The van der Waals surface area contributed by atoms with Gasteiger partial charge in [-0.15, -0.1) is 0 Å². The van der Waals surface area contributed by atoms with Crippen LogP contribution in [0.15, 0.2) is 53.4 Å². The molecule has 0 saturated carbocycles. The van der Waals surface area contributed by atoms with Crippen LogP contribution in [0, 0.1) is 0 Å². The summed E-state index contributed by atoms with van der Waals surface area (Å²) in [6, 6.07) is 13.7. The Hall–Kier alpha value is -2.58. The Morgan fingerprint density at radius 2 is 1.50 bits per heavy atom. The Morgan fingerprint density at radius 1 is 0.929 bits per heavy atom. The van der Waals surface area contributed by atoms with Gasteiger partial charge in [0.25, 0.3) is 5.91 Å². The number of benzene rings is 2. The van der Waals surface area contributed by atoms with E-state index >= 15 is 0 Å². The molecule has 0 N–H and O–H groups in total. The fourth-order valence-electron chi connectivity index (χ4n) is 3.11. The number of rotatable bonds is 5. The van der Waals surface area contributed by atoms with Gasteiger partial charge in [0.15, 0.2) is 0 Å². The van der Waals surface area contributed by atoms with Gasteiger partial charge in [-0.3, -0.25) is 4.79 Å². The molecular weight excluding hydrogens is 378 g/mol. The Balaban J connectivity index is 1.65. The zero-order chi connectivity index (χ0) is 20.3. The highest BCUT2D eigenvalue weighted by atomic mass is 32.2. The minimum absolute atomic E-state index is 0.0770. The fraction of sp³-hybridized carbons (Fsp3) is 0.350. The number of ether oxygens (including phenoxy) is 1. The van der Waals surface area contributed by atoms with Gasteiger partial charge >= 0.3 is 0 Å². The quantitative estimate of drug-likeness (QED) is 0.763. The van der Waals surface area contributed by atoms with Crippen LogP contribution in [0.5, 0.6) is 5.75 Å². The van der Waals surface area contributed by atoms with Gasteiger partial charge in [0.05, 0.1) is 12.0 Å². The van der Waals surface area contributed by atoms with Crippen LogP contribution >= 0.6 is 0 Å². The molecule has 1 amide bonds. The number of anilines is 1. The number of amides is 1. The van der Waals surface area contributed by atoms with E-state index in [1.54, 1.807) is 29.2 Å². The highest BCUT2D eigenvalue weighted by Gasteiger charge is 2.30. The van der Waals surface area contributed by atoms with Crippen LogP contribution in [0.25, 0.3) is 0 Å². The summed E-state index contributed by atoms with van der Waals surface area (Å²) in [6.07, 6.45) is 0. The lowest BCUT2D eigenvalue weighted by Crippen LogP contribution is -2.50. The Kier molecular flexibility index (Phi) is 5.90. The molecule has 1 aliphatic rings. The van der Waals surface area contributed by atoms with E-state index in [-0.39, 0.29) is 23.9 Å². The normalized spacial score (nSPS) is 15.3. The predicted octanol–water partition coefficient (Wildman–Crippen LogP) is 1.91. The zero-order valence-corrected chi connectivity index (χ0v) is 17.1. The molecule has 150 valence electrons. The van der Waals surface area contributed by atoms with Gasteiger partial charge in [0, 0.05) is 51.5 Å². The number of piperazine rings is 1. The van der Waals surface area contributed by atoms with Crippen molar-refractivity contribution in [3.63, 3.8) is 0 Å². The van der Waals surface area contributed by atoms with Crippen LogP contribution in [-0.4, -0.2) is 70.9 Å². The highest BCUT2D eigenvalue weighted by molar-refractivity contribution is 7.89. The Morgan fingerprint density at radius 3 is 2.00 bits per heavy atom. The maximum atomic E-state index is 12.8. The zero-order valence-electron chi connectivity index (χ0n) is 16.3. The maximum Gasteiger partial charge on any atom is 0.253 e. The first kappa shape index (κ1) is 20.2. The van der Waals surface area contributed by atoms with Crippen molar-refractivity contribution < 1.29 is 17.9 Å². The second kappa shape index (κ2) is 8.20. The molecule has 1 fully saturated rings. The minimum atomic E-state index is -3.58. The molecule has 0 radical (unpaired) electrons. The first-order chi connectivity index (χ1) is 13.3. The number of nitrogens with zero attached hydrogens (tertiary/aromatic N) is 3. The van der Waals surface area contributed by atoms with Crippen LogP contribution < -0.4 is 9.64 Å². The van der Waals surface area contributed by atoms with Gasteiger partial charge in [0.2, 0.25) is 10.0 Å². The predicted molar refractivity (Wildman–Crippen MR) is 108 cm³/mol. The third kappa shape index (κ3) is 4.13. The van der Waals surface area contributed by atoms with E-state index in [9.17, 15) is 13.2 Å². The summed E-state index contributed by atoms with van der Waals surface area (Å²) in [6.45, 7) is 1.28. The maximum absolute atomic E-state index is 12.8. The van der Waals surface area contributed by atoms with Crippen molar-refractivity contribution in [3.8, 4) is 5.75 Å². The van der Waals surface area contributed by atoms with Crippen molar-refractivity contribution in [3.05, 3.63) is 54.1 Å². The van der Waals surface area contributed by atoms with E-state index in [0.29, 0.717) is 24.4 Å².